The SMILES string of the molecule is OCCCC[C@@H]1CCC[C@]2(CCCO2)O1. The zero-order chi connectivity index (χ0) is 10.6. The van der Waals surface area contributed by atoms with Crippen LogP contribution < -0.4 is 0 Å². The summed E-state index contributed by atoms with van der Waals surface area (Å²) >= 11 is 0. The molecule has 0 radical (unpaired) electrons. The van der Waals surface area contributed by atoms with Crippen LogP contribution in [0.5, 0.6) is 0 Å². The summed E-state index contributed by atoms with van der Waals surface area (Å²) in [5.74, 6) is -0.220. The molecular formula is C12H22O3. The first-order valence-electron chi connectivity index (χ1n) is 6.27. The number of rotatable bonds is 4. The van der Waals surface area contributed by atoms with Gasteiger partial charge < -0.3 is 14.6 Å². The van der Waals surface area contributed by atoms with E-state index in [1.807, 2.05) is 0 Å². The second-order valence-electron chi connectivity index (χ2n) is 4.71. The minimum Gasteiger partial charge on any atom is -0.396 e. The summed E-state index contributed by atoms with van der Waals surface area (Å²) in [5, 5.41) is 8.74. The van der Waals surface area contributed by atoms with Crippen LogP contribution in [-0.2, 0) is 9.47 Å². The van der Waals surface area contributed by atoms with Gasteiger partial charge in [-0.05, 0) is 38.5 Å². The lowest BCUT2D eigenvalue weighted by molar-refractivity contribution is -0.258. The number of unbranched alkanes of at least 4 members (excludes halogenated alkanes) is 1. The Balaban J connectivity index is 1.76. The second kappa shape index (κ2) is 5.28. The molecule has 3 nitrogen and oxygen atoms in total. The maximum Gasteiger partial charge on any atom is 0.168 e. The molecule has 3 heteroatoms. The molecule has 2 rings (SSSR count). The monoisotopic (exact) mass is 214 g/mol. The predicted octanol–water partition coefficient (Wildman–Crippen LogP) is 2.22. The van der Waals surface area contributed by atoms with E-state index in [9.17, 15) is 0 Å². The maximum absolute atomic E-state index is 8.74. The molecule has 1 N–H and O–H groups in total. The molecule has 2 aliphatic heterocycles. The number of hydrogen-bond donors (Lipinski definition) is 1. The minimum atomic E-state index is -0.220. The molecule has 0 amide bonds. The first-order valence-corrected chi connectivity index (χ1v) is 6.27. The van der Waals surface area contributed by atoms with Crippen molar-refractivity contribution in [1.29, 1.82) is 0 Å². The van der Waals surface area contributed by atoms with Crippen molar-refractivity contribution in [2.24, 2.45) is 0 Å². The highest BCUT2D eigenvalue weighted by atomic mass is 16.7. The number of hydrogen-bond acceptors (Lipinski definition) is 3. The fraction of sp³-hybridized carbons (Fsp3) is 1.00. The summed E-state index contributed by atoms with van der Waals surface area (Å²) < 4.78 is 11.8. The lowest BCUT2D eigenvalue weighted by atomic mass is 9.96. The molecule has 0 bridgehead atoms. The van der Waals surface area contributed by atoms with E-state index < -0.39 is 0 Å². The van der Waals surface area contributed by atoms with Crippen molar-refractivity contribution < 1.29 is 14.6 Å². The average molecular weight is 214 g/mol. The standard InChI is InChI=1S/C12H22O3/c13-9-2-1-5-11-6-3-7-12(15-11)8-4-10-14-12/h11,13H,1-10H2/t11-,12-/m1/s1. The van der Waals surface area contributed by atoms with Crippen LogP contribution >= 0.6 is 0 Å². The fourth-order valence-electron chi connectivity index (χ4n) is 2.67. The molecule has 0 aromatic heterocycles. The molecule has 0 unspecified atom stereocenters. The second-order valence-corrected chi connectivity index (χ2v) is 4.71. The molecule has 2 aliphatic rings. The average Bonchev–Trinajstić information content (AvgIpc) is 2.67. The molecule has 2 atom stereocenters. The third kappa shape index (κ3) is 2.92. The lowest BCUT2D eigenvalue weighted by Crippen LogP contribution is -2.40. The van der Waals surface area contributed by atoms with Crippen LogP contribution in [0.25, 0.3) is 0 Å². The van der Waals surface area contributed by atoms with Crippen LogP contribution in [0.3, 0.4) is 0 Å². The predicted molar refractivity (Wildman–Crippen MR) is 57.6 cm³/mol. The van der Waals surface area contributed by atoms with Crippen LogP contribution in [0.15, 0.2) is 0 Å². The van der Waals surface area contributed by atoms with Gasteiger partial charge in [0.15, 0.2) is 5.79 Å². The molecule has 0 saturated carbocycles. The zero-order valence-electron chi connectivity index (χ0n) is 9.41. The van der Waals surface area contributed by atoms with Crippen molar-refractivity contribution >= 4 is 0 Å². The smallest absolute Gasteiger partial charge is 0.168 e. The van der Waals surface area contributed by atoms with E-state index in [2.05, 4.69) is 0 Å². The molecule has 2 fully saturated rings. The van der Waals surface area contributed by atoms with Crippen LogP contribution in [0.2, 0.25) is 0 Å². The lowest BCUT2D eigenvalue weighted by Gasteiger charge is -2.37. The van der Waals surface area contributed by atoms with Crippen LogP contribution in [0, 0.1) is 0 Å². The van der Waals surface area contributed by atoms with Crippen LogP contribution in [-0.4, -0.2) is 30.2 Å². The number of aliphatic hydroxyl groups is 1. The summed E-state index contributed by atoms with van der Waals surface area (Å²) in [6, 6.07) is 0. The van der Waals surface area contributed by atoms with E-state index in [4.69, 9.17) is 14.6 Å². The van der Waals surface area contributed by atoms with Gasteiger partial charge in [0.1, 0.15) is 0 Å². The molecule has 2 saturated heterocycles. The van der Waals surface area contributed by atoms with Gasteiger partial charge in [-0.2, -0.15) is 0 Å². The Kier molecular flexibility index (Phi) is 4.00. The van der Waals surface area contributed by atoms with Gasteiger partial charge in [0.05, 0.1) is 12.7 Å². The topological polar surface area (TPSA) is 38.7 Å². The van der Waals surface area contributed by atoms with E-state index in [1.54, 1.807) is 0 Å². The molecule has 0 aliphatic carbocycles. The van der Waals surface area contributed by atoms with Gasteiger partial charge in [-0.25, -0.2) is 0 Å². The van der Waals surface area contributed by atoms with Gasteiger partial charge in [-0.1, -0.05) is 0 Å². The van der Waals surface area contributed by atoms with Gasteiger partial charge >= 0.3 is 0 Å². The van der Waals surface area contributed by atoms with E-state index in [0.29, 0.717) is 12.7 Å². The normalized spacial score (nSPS) is 36.2. The zero-order valence-corrected chi connectivity index (χ0v) is 9.41. The molecular weight excluding hydrogens is 192 g/mol. The van der Waals surface area contributed by atoms with Crippen molar-refractivity contribution in [3.05, 3.63) is 0 Å². The molecule has 0 aromatic carbocycles. The highest BCUT2D eigenvalue weighted by Crippen LogP contribution is 2.38. The Hall–Kier alpha value is -0.120. The van der Waals surface area contributed by atoms with Gasteiger partial charge in [0.2, 0.25) is 0 Å². The minimum absolute atomic E-state index is 0.220. The highest BCUT2D eigenvalue weighted by Gasteiger charge is 2.40. The molecule has 1 spiro atoms. The first-order chi connectivity index (χ1) is 7.35. The molecule has 2 heterocycles. The summed E-state index contributed by atoms with van der Waals surface area (Å²) in [4.78, 5) is 0. The van der Waals surface area contributed by atoms with E-state index in [0.717, 1.165) is 51.6 Å². The highest BCUT2D eigenvalue weighted by molar-refractivity contribution is 4.82. The Bertz CT molecular complexity index is 187. The third-order valence-electron chi connectivity index (χ3n) is 3.47. The van der Waals surface area contributed by atoms with Gasteiger partial charge in [0, 0.05) is 19.4 Å². The Morgan fingerprint density at radius 2 is 2.07 bits per heavy atom. The van der Waals surface area contributed by atoms with Crippen molar-refractivity contribution in [3.8, 4) is 0 Å². The third-order valence-corrected chi connectivity index (χ3v) is 3.47. The molecule has 0 aromatic rings. The first kappa shape index (κ1) is 11.4. The van der Waals surface area contributed by atoms with Gasteiger partial charge in [-0.3, -0.25) is 0 Å². The molecule has 15 heavy (non-hydrogen) atoms. The Morgan fingerprint density at radius 3 is 2.80 bits per heavy atom. The largest absolute Gasteiger partial charge is 0.396 e. The van der Waals surface area contributed by atoms with Crippen LogP contribution in [0.1, 0.15) is 51.4 Å². The van der Waals surface area contributed by atoms with Crippen molar-refractivity contribution in [3.63, 3.8) is 0 Å². The van der Waals surface area contributed by atoms with Crippen LogP contribution in [0.4, 0.5) is 0 Å². The van der Waals surface area contributed by atoms with Crippen molar-refractivity contribution in [2.45, 2.75) is 63.3 Å². The number of ether oxygens (including phenoxy) is 2. The summed E-state index contributed by atoms with van der Waals surface area (Å²) in [5.41, 5.74) is 0. The van der Waals surface area contributed by atoms with E-state index in [-0.39, 0.29) is 5.79 Å². The van der Waals surface area contributed by atoms with Gasteiger partial charge in [-0.15, -0.1) is 0 Å². The Labute approximate surface area is 91.8 Å². The molecule has 88 valence electrons. The summed E-state index contributed by atoms with van der Waals surface area (Å²) in [7, 11) is 0. The Morgan fingerprint density at radius 1 is 1.20 bits per heavy atom. The maximum atomic E-state index is 8.74. The summed E-state index contributed by atoms with van der Waals surface area (Å²) in [6.45, 7) is 1.16. The van der Waals surface area contributed by atoms with Gasteiger partial charge in [0.25, 0.3) is 0 Å². The van der Waals surface area contributed by atoms with Crippen molar-refractivity contribution in [2.75, 3.05) is 13.2 Å². The summed E-state index contributed by atoms with van der Waals surface area (Å²) in [6.07, 6.45) is 9.08. The quantitative estimate of drug-likeness (QED) is 0.729. The number of aliphatic hydroxyl groups excluding tert-OH is 1. The van der Waals surface area contributed by atoms with E-state index >= 15 is 0 Å². The fourth-order valence-corrected chi connectivity index (χ4v) is 2.67. The van der Waals surface area contributed by atoms with E-state index in [1.165, 1.54) is 6.42 Å². The van der Waals surface area contributed by atoms with Crippen molar-refractivity contribution in [1.82, 2.24) is 0 Å².